The van der Waals surface area contributed by atoms with Crippen molar-refractivity contribution in [3.05, 3.63) is 30.1 Å². The second kappa shape index (κ2) is 8.05. The van der Waals surface area contributed by atoms with Crippen molar-refractivity contribution in [2.45, 2.75) is 56.5 Å². The molecular weight excluding hydrogens is 422 g/mol. The lowest BCUT2D eigenvalue weighted by molar-refractivity contribution is -0.126. The molecule has 2 aliphatic heterocycles. The van der Waals surface area contributed by atoms with Gasteiger partial charge in [0.25, 0.3) is 0 Å². The van der Waals surface area contributed by atoms with Crippen LogP contribution in [0.3, 0.4) is 0 Å². The van der Waals surface area contributed by atoms with Crippen LogP contribution in [-0.2, 0) is 9.59 Å². The van der Waals surface area contributed by atoms with Crippen molar-refractivity contribution >= 4 is 34.9 Å². The molecule has 6 rings (SSSR count). The maximum Gasteiger partial charge on any atom is 0.246 e. The molecular formula is C22H27N9O2. The number of anilines is 3. The van der Waals surface area contributed by atoms with E-state index in [1.165, 1.54) is 12.8 Å². The highest BCUT2D eigenvalue weighted by atomic mass is 16.2. The second-order valence-electron chi connectivity index (χ2n) is 9.11. The molecule has 0 aromatic carbocycles. The summed E-state index contributed by atoms with van der Waals surface area (Å²) in [5, 5.41) is 21.4. The van der Waals surface area contributed by atoms with Gasteiger partial charge in [-0.3, -0.25) is 14.7 Å². The number of piperidine rings is 1. The molecule has 0 bridgehead atoms. The SMILES string of the molecule is O=C1CCC(NC(=O)[C@@H]2CCCN2c2nc(Nc3cc(C4CC4)[nH]n3)c3cccn3n2)CN1. The highest BCUT2D eigenvalue weighted by molar-refractivity contribution is 5.86. The Balaban J connectivity index is 1.23. The smallest absolute Gasteiger partial charge is 0.246 e. The number of aromatic nitrogens is 5. The molecule has 4 N–H and O–H groups in total. The second-order valence-corrected chi connectivity index (χ2v) is 9.11. The zero-order valence-corrected chi connectivity index (χ0v) is 18.3. The summed E-state index contributed by atoms with van der Waals surface area (Å²) < 4.78 is 1.78. The lowest BCUT2D eigenvalue weighted by Crippen LogP contribution is -2.52. The molecule has 1 saturated carbocycles. The van der Waals surface area contributed by atoms with Crippen LogP contribution in [0.15, 0.2) is 24.4 Å². The van der Waals surface area contributed by atoms with E-state index in [9.17, 15) is 9.59 Å². The van der Waals surface area contributed by atoms with Crippen LogP contribution in [0.25, 0.3) is 5.52 Å². The molecule has 3 aromatic heterocycles. The normalized spacial score (nSPS) is 23.0. The molecule has 11 nitrogen and oxygen atoms in total. The van der Waals surface area contributed by atoms with Crippen molar-refractivity contribution in [3.63, 3.8) is 0 Å². The molecule has 0 radical (unpaired) electrons. The minimum Gasteiger partial charge on any atom is -0.354 e. The van der Waals surface area contributed by atoms with Crippen molar-refractivity contribution in [3.8, 4) is 0 Å². The number of fused-ring (bicyclic) bond motifs is 1. The number of rotatable bonds is 6. The maximum absolute atomic E-state index is 13.1. The van der Waals surface area contributed by atoms with Crippen LogP contribution < -0.4 is 20.9 Å². The van der Waals surface area contributed by atoms with E-state index in [1.807, 2.05) is 29.3 Å². The zero-order chi connectivity index (χ0) is 22.4. The molecule has 2 saturated heterocycles. The Hall–Kier alpha value is -3.63. The predicted octanol–water partition coefficient (Wildman–Crippen LogP) is 1.44. The number of hydrogen-bond acceptors (Lipinski definition) is 7. The highest BCUT2D eigenvalue weighted by Gasteiger charge is 2.35. The number of carbonyl (C=O) groups is 2. The van der Waals surface area contributed by atoms with Gasteiger partial charge in [0.2, 0.25) is 17.8 Å². The Morgan fingerprint density at radius 3 is 2.94 bits per heavy atom. The van der Waals surface area contributed by atoms with E-state index in [4.69, 9.17) is 4.98 Å². The van der Waals surface area contributed by atoms with E-state index in [-0.39, 0.29) is 23.9 Å². The Labute approximate surface area is 190 Å². The van der Waals surface area contributed by atoms with E-state index in [0.717, 1.165) is 29.9 Å². The van der Waals surface area contributed by atoms with Crippen LogP contribution in [0.5, 0.6) is 0 Å². The predicted molar refractivity (Wildman–Crippen MR) is 121 cm³/mol. The van der Waals surface area contributed by atoms with Gasteiger partial charge in [-0.15, -0.1) is 5.10 Å². The summed E-state index contributed by atoms with van der Waals surface area (Å²) in [4.78, 5) is 31.3. The van der Waals surface area contributed by atoms with E-state index in [0.29, 0.717) is 43.6 Å². The van der Waals surface area contributed by atoms with Crippen LogP contribution in [0.4, 0.5) is 17.6 Å². The average molecular weight is 450 g/mol. The maximum atomic E-state index is 13.1. The van der Waals surface area contributed by atoms with Crippen LogP contribution >= 0.6 is 0 Å². The minimum absolute atomic E-state index is 0.0388. The molecule has 33 heavy (non-hydrogen) atoms. The average Bonchev–Trinajstić information content (AvgIpc) is 3.20. The van der Waals surface area contributed by atoms with Gasteiger partial charge in [0.1, 0.15) is 11.6 Å². The third-order valence-electron chi connectivity index (χ3n) is 6.67. The van der Waals surface area contributed by atoms with Gasteiger partial charge in [0.05, 0.1) is 0 Å². The van der Waals surface area contributed by atoms with Crippen molar-refractivity contribution in [2.24, 2.45) is 0 Å². The van der Waals surface area contributed by atoms with Gasteiger partial charge in [-0.2, -0.15) is 10.1 Å². The fourth-order valence-corrected chi connectivity index (χ4v) is 4.69. The van der Waals surface area contributed by atoms with Gasteiger partial charge in [-0.05, 0) is 44.2 Å². The summed E-state index contributed by atoms with van der Waals surface area (Å²) in [5.41, 5.74) is 1.99. The van der Waals surface area contributed by atoms with E-state index < -0.39 is 0 Å². The molecule has 172 valence electrons. The molecule has 5 heterocycles. The Morgan fingerprint density at radius 1 is 1.21 bits per heavy atom. The van der Waals surface area contributed by atoms with Crippen LogP contribution in [-0.4, -0.2) is 61.8 Å². The summed E-state index contributed by atoms with van der Waals surface area (Å²) in [6.07, 6.45) is 7.02. The summed E-state index contributed by atoms with van der Waals surface area (Å²) in [6.45, 7) is 1.18. The van der Waals surface area contributed by atoms with Gasteiger partial charge >= 0.3 is 0 Å². The fraction of sp³-hybridized carbons (Fsp3) is 0.500. The summed E-state index contributed by atoms with van der Waals surface area (Å²) >= 11 is 0. The third-order valence-corrected chi connectivity index (χ3v) is 6.67. The van der Waals surface area contributed by atoms with E-state index in [2.05, 4.69) is 31.2 Å². The lowest BCUT2D eigenvalue weighted by Gasteiger charge is -2.28. The monoisotopic (exact) mass is 449 g/mol. The summed E-state index contributed by atoms with van der Waals surface area (Å²) in [5.74, 6) is 2.47. The molecule has 1 aliphatic carbocycles. The molecule has 11 heteroatoms. The quantitative estimate of drug-likeness (QED) is 0.448. The van der Waals surface area contributed by atoms with Crippen LogP contribution in [0, 0.1) is 0 Å². The lowest BCUT2D eigenvalue weighted by atomic mass is 10.1. The Morgan fingerprint density at radius 2 is 2.12 bits per heavy atom. The number of H-pyrrole nitrogens is 1. The standard InChI is InChI=1S/C22H27N9O2/c32-19-8-7-14(12-23-19)24-21(33)17-4-1-9-30(17)22-26-20(16-3-2-10-31(16)29-22)25-18-11-15(27-28-18)13-5-6-13/h2-3,10-11,13-14,17H,1,4-9,12H2,(H,23,32)(H,24,33)(H2,25,26,27,28,29)/t14?,17-/m0/s1. The van der Waals surface area contributed by atoms with Crippen molar-refractivity contribution in [1.82, 2.24) is 35.4 Å². The van der Waals surface area contributed by atoms with Gasteiger partial charge in [0.15, 0.2) is 11.6 Å². The Kier molecular flexibility index (Phi) is 4.88. The number of aromatic amines is 1. The van der Waals surface area contributed by atoms with Crippen molar-refractivity contribution in [1.29, 1.82) is 0 Å². The van der Waals surface area contributed by atoms with E-state index in [1.54, 1.807) is 4.52 Å². The molecule has 3 aliphatic rings. The van der Waals surface area contributed by atoms with Gasteiger partial charge in [-0.1, -0.05) is 0 Å². The largest absolute Gasteiger partial charge is 0.354 e. The van der Waals surface area contributed by atoms with E-state index >= 15 is 0 Å². The number of hydrogen-bond donors (Lipinski definition) is 4. The molecule has 2 atom stereocenters. The third kappa shape index (κ3) is 3.98. The van der Waals surface area contributed by atoms with Crippen LogP contribution in [0.1, 0.15) is 50.1 Å². The first-order valence-electron chi connectivity index (χ1n) is 11.7. The molecule has 2 amide bonds. The number of amides is 2. The molecule has 0 spiro atoms. The first-order valence-corrected chi connectivity index (χ1v) is 11.7. The van der Waals surface area contributed by atoms with Crippen LogP contribution in [0.2, 0.25) is 0 Å². The number of carbonyl (C=O) groups excluding carboxylic acids is 2. The topological polar surface area (TPSA) is 132 Å². The van der Waals surface area contributed by atoms with Gasteiger partial charge in [0, 0.05) is 49.4 Å². The number of nitrogens with one attached hydrogen (secondary N) is 4. The summed E-state index contributed by atoms with van der Waals surface area (Å²) in [6, 6.07) is 5.53. The molecule has 3 aromatic rings. The molecule has 1 unspecified atom stereocenters. The Bertz CT molecular complexity index is 1190. The number of nitrogens with zero attached hydrogens (tertiary/aromatic N) is 5. The van der Waals surface area contributed by atoms with Gasteiger partial charge < -0.3 is 20.9 Å². The van der Waals surface area contributed by atoms with Crippen molar-refractivity contribution in [2.75, 3.05) is 23.3 Å². The van der Waals surface area contributed by atoms with Gasteiger partial charge in [-0.25, -0.2) is 4.52 Å². The molecule has 3 fully saturated rings. The fourth-order valence-electron chi connectivity index (χ4n) is 4.69. The first-order chi connectivity index (χ1) is 16.1. The zero-order valence-electron chi connectivity index (χ0n) is 18.3. The van der Waals surface area contributed by atoms with Crippen molar-refractivity contribution < 1.29 is 9.59 Å². The minimum atomic E-state index is -0.338. The highest BCUT2D eigenvalue weighted by Crippen LogP contribution is 2.39. The first kappa shape index (κ1) is 20.0. The summed E-state index contributed by atoms with van der Waals surface area (Å²) in [7, 11) is 0.